The molecule has 0 saturated heterocycles. The van der Waals surface area contributed by atoms with Gasteiger partial charge in [0.25, 0.3) is 5.69 Å². The third-order valence-electron chi connectivity index (χ3n) is 2.31. The van der Waals surface area contributed by atoms with Crippen LogP contribution in [0.25, 0.3) is 0 Å². The first-order chi connectivity index (χ1) is 9.31. The summed E-state index contributed by atoms with van der Waals surface area (Å²) in [4.78, 5) is 21.5. The number of nitrogens with zero attached hydrogens (tertiary/aromatic N) is 1. The number of sulfone groups is 1. The molecule has 0 aliphatic heterocycles. The number of carbonyl (C=O) groups excluding carboxylic acids is 1. The number of thioether (sulfide) groups is 1. The number of carbonyl (C=O) groups is 1. The second-order valence-corrected chi connectivity index (χ2v) is 6.49. The third kappa shape index (κ3) is 3.94. The maximum atomic E-state index is 12.0. The van der Waals surface area contributed by atoms with Gasteiger partial charge in [-0.2, -0.15) is 0 Å². The molecule has 0 saturated carbocycles. The fourth-order valence-electron chi connectivity index (χ4n) is 1.47. The minimum atomic E-state index is -4.11. The molecule has 0 aliphatic carbocycles. The van der Waals surface area contributed by atoms with E-state index in [2.05, 4.69) is 4.74 Å². The number of nitro benzene ring substituents is 1. The molecule has 0 atom stereocenters. The van der Waals surface area contributed by atoms with Gasteiger partial charge in [-0.3, -0.25) is 14.9 Å². The Balaban J connectivity index is 3.24. The Morgan fingerprint density at radius 3 is 2.60 bits per heavy atom. The number of hydrogen-bond donors (Lipinski definition) is 0. The number of benzene rings is 1. The molecule has 7 nitrogen and oxygen atoms in total. The molecule has 0 fully saturated rings. The Morgan fingerprint density at radius 2 is 2.10 bits per heavy atom. The van der Waals surface area contributed by atoms with Gasteiger partial charge in [0.2, 0.25) is 0 Å². The molecule has 0 bridgehead atoms. The second kappa shape index (κ2) is 6.71. The fraction of sp³-hybridized carbons (Fsp3) is 0.364. The highest BCUT2D eigenvalue weighted by molar-refractivity contribution is 7.98. The van der Waals surface area contributed by atoms with Crippen LogP contribution in [0.2, 0.25) is 0 Å². The number of hydrogen-bond acceptors (Lipinski definition) is 7. The van der Waals surface area contributed by atoms with Gasteiger partial charge in [-0.05, 0) is 25.3 Å². The lowest BCUT2D eigenvalue weighted by atomic mass is 10.3. The topological polar surface area (TPSA) is 104 Å². The van der Waals surface area contributed by atoms with Crippen molar-refractivity contribution in [2.75, 3.05) is 18.6 Å². The maximum Gasteiger partial charge on any atom is 0.321 e. The number of esters is 1. The highest BCUT2D eigenvalue weighted by Gasteiger charge is 2.28. The van der Waals surface area contributed by atoms with Crippen molar-refractivity contribution in [1.29, 1.82) is 0 Å². The normalized spacial score (nSPS) is 11.1. The summed E-state index contributed by atoms with van der Waals surface area (Å²) < 4.78 is 28.6. The molecular formula is C11H13NO6S2. The van der Waals surface area contributed by atoms with Crippen LogP contribution >= 0.6 is 11.8 Å². The van der Waals surface area contributed by atoms with E-state index in [9.17, 15) is 23.3 Å². The largest absolute Gasteiger partial charge is 0.465 e. The van der Waals surface area contributed by atoms with Crippen LogP contribution in [0, 0.1) is 10.1 Å². The van der Waals surface area contributed by atoms with E-state index in [4.69, 9.17) is 0 Å². The number of ether oxygens (including phenoxy) is 1. The maximum absolute atomic E-state index is 12.0. The Bertz CT molecular complexity index is 626. The molecule has 0 aromatic heterocycles. The fourth-order valence-corrected chi connectivity index (χ4v) is 3.18. The van der Waals surface area contributed by atoms with Crippen molar-refractivity contribution in [2.45, 2.75) is 16.7 Å². The molecule has 110 valence electrons. The summed E-state index contributed by atoms with van der Waals surface area (Å²) in [5.74, 6) is -1.85. The lowest BCUT2D eigenvalue weighted by Gasteiger charge is -2.06. The van der Waals surface area contributed by atoms with E-state index >= 15 is 0 Å². The van der Waals surface area contributed by atoms with Crippen LogP contribution in [-0.4, -0.2) is 37.9 Å². The minimum Gasteiger partial charge on any atom is -0.465 e. The van der Waals surface area contributed by atoms with Gasteiger partial charge in [0.05, 0.1) is 11.5 Å². The van der Waals surface area contributed by atoms with E-state index in [1.807, 2.05) is 0 Å². The zero-order valence-electron chi connectivity index (χ0n) is 10.9. The molecule has 0 aliphatic rings. The molecule has 0 N–H and O–H groups in total. The Labute approximate surface area is 120 Å². The summed E-state index contributed by atoms with van der Waals surface area (Å²) in [6.07, 6.45) is 1.71. The molecule has 1 aromatic rings. The summed E-state index contributed by atoms with van der Waals surface area (Å²) in [7, 11) is -4.11. The monoisotopic (exact) mass is 319 g/mol. The summed E-state index contributed by atoms with van der Waals surface area (Å²) in [6, 6.07) is 3.76. The first-order valence-electron chi connectivity index (χ1n) is 5.52. The van der Waals surface area contributed by atoms with Crippen LogP contribution in [0.4, 0.5) is 5.69 Å². The van der Waals surface area contributed by atoms with E-state index in [-0.39, 0.29) is 6.61 Å². The zero-order valence-corrected chi connectivity index (χ0v) is 12.5. The lowest BCUT2D eigenvalue weighted by molar-refractivity contribution is -0.388. The minimum absolute atomic E-state index is 0.0435. The van der Waals surface area contributed by atoms with E-state index < -0.39 is 37.1 Å². The summed E-state index contributed by atoms with van der Waals surface area (Å²) >= 11 is 1.25. The second-order valence-electron chi connectivity index (χ2n) is 3.65. The quantitative estimate of drug-likeness (QED) is 0.340. The standard InChI is InChI=1S/C11H13NO6S2/c1-3-18-11(13)7-20(16,17)10-5-4-8(19-2)6-9(10)12(14)15/h4-6H,3,7H2,1-2H3. The van der Waals surface area contributed by atoms with Crippen molar-refractivity contribution in [2.24, 2.45) is 0 Å². The van der Waals surface area contributed by atoms with Gasteiger partial charge in [0.1, 0.15) is 4.90 Å². The van der Waals surface area contributed by atoms with Crippen molar-refractivity contribution < 1.29 is 22.9 Å². The molecule has 0 spiro atoms. The van der Waals surface area contributed by atoms with E-state index in [1.54, 1.807) is 13.2 Å². The first kappa shape index (κ1) is 16.4. The molecule has 20 heavy (non-hydrogen) atoms. The zero-order chi connectivity index (χ0) is 15.3. The Kier molecular flexibility index (Phi) is 5.52. The molecular weight excluding hydrogens is 306 g/mol. The average Bonchev–Trinajstić information content (AvgIpc) is 2.37. The van der Waals surface area contributed by atoms with Gasteiger partial charge < -0.3 is 4.74 Å². The summed E-state index contributed by atoms with van der Waals surface area (Å²) in [5.41, 5.74) is -0.541. The molecule has 0 amide bonds. The van der Waals surface area contributed by atoms with Gasteiger partial charge in [-0.25, -0.2) is 8.42 Å². The Hall–Kier alpha value is -1.61. The van der Waals surface area contributed by atoms with E-state index in [0.717, 1.165) is 6.07 Å². The van der Waals surface area contributed by atoms with Gasteiger partial charge in [0.15, 0.2) is 15.6 Å². The van der Waals surface area contributed by atoms with Crippen molar-refractivity contribution in [3.05, 3.63) is 28.3 Å². The van der Waals surface area contributed by atoms with Gasteiger partial charge in [-0.15, -0.1) is 11.8 Å². The SMILES string of the molecule is CCOC(=O)CS(=O)(=O)c1ccc(SC)cc1[N+](=O)[O-]. The predicted octanol–water partition coefficient (Wildman–Crippen LogP) is 1.65. The van der Waals surface area contributed by atoms with Crippen LogP contribution in [0.5, 0.6) is 0 Å². The smallest absolute Gasteiger partial charge is 0.321 e. The van der Waals surface area contributed by atoms with Crippen molar-refractivity contribution in [1.82, 2.24) is 0 Å². The first-order valence-corrected chi connectivity index (χ1v) is 8.40. The third-order valence-corrected chi connectivity index (χ3v) is 4.67. The molecule has 0 heterocycles. The van der Waals surface area contributed by atoms with E-state index in [1.165, 1.54) is 23.9 Å². The highest BCUT2D eigenvalue weighted by Crippen LogP contribution is 2.29. The molecule has 1 rings (SSSR count). The number of rotatable bonds is 6. The molecule has 9 heteroatoms. The Morgan fingerprint density at radius 1 is 1.45 bits per heavy atom. The molecule has 0 radical (unpaired) electrons. The lowest BCUT2D eigenvalue weighted by Crippen LogP contribution is -2.19. The molecule has 1 aromatic carbocycles. The van der Waals surface area contributed by atoms with Crippen LogP contribution in [0.1, 0.15) is 6.92 Å². The van der Waals surface area contributed by atoms with Crippen molar-refractivity contribution >= 4 is 33.3 Å². The average molecular weight is 319 g/mol. The van der Waals surface area contributed by atoms with Crippen LogP contribution in [-0.2, 0) is 19.4 Å². The summed E-state index contributed by atoms with van der Waals surface area (Å²) in [6.45, 7) is 1.59. The highest BCUT2D eigenvalue weighted by atomic mass is 32.2. The van der Waals surface area contributed by atoms with E-state index in [0.29, 0.717) is 4.90 Å². The summed E-state index contributed by atoms with van der Waals surface area (Å²) in [5, 5.41) is 11.0. The van der Waals surface area contributed by atoms with Gasteiger partial charge in [-0.1, -0.05) is 0 Å². The van der Waals surface area contributed by atoms with Crippen LogP contribution in [0.3, 0.4) is 0 Å². The van der Waals surface area contributed by atoms with Crippen molar-refractivity contribution in [3.8, 4) is 0 Å². The molecule has 0 unspecified atom stereocenters. The number of nitro groups is 1. The van der Waals surface area contributed by atoms with Gasteiger partial charge >= 0.3 is 5.97 Å². The predicted molar refractivity (Wildman–Crippen MR) is 73.6 cm³/mol. The van der Waals surface area contributed by atoms with Crippen molar-refractivity contribution in [3.63, 3.8) is 0 Å². The van der Waals surface area contributed by atoms with Gasteiger partial charge in [0, 0.05) is 11.0 Å². The van der Waals surface area contributed by atoms with Crippen LogP contribution < -0.4 is 0 Å². The van der Waals surface area contributed by atoms with Crippen LogP contribution in [0.15, 0.2) is 28.0 Å².